The maximum absolute atomic E-state index is 2.48. The fourth-order valence-electron chi connectivity index (χ4n) is 9.48. The van der Waals surface area contributed by atoms with Gasteiger partial charge in [-0.05, 0) is 123 Å². The van der Waals surface area contributed by atoms with Crippen molar-refractivity contribution in [2.45, 2.75) is 18.3 Å². The molecule has 2 heterocycles. The van der Waals surface area contributed by atoms with Crippen molar-refractivity contribution in [3.63, 3.8) is 0 Å². The lowest BCUT2D eigenvalue weighted by atomic mass is 9.85. The van der Waals surface area contributed by atoms with E-state index in [-0.39, 0.29) is 0 Å². The first-order chi connectivity index (χ1) is 26.3. The molecule has 0 aliphatic heterocycles. The molecule has 1 fully saturated rings. The van der Waals surface area contributed by atoms with Crippen molar-refractivity contribution in [1.82, 2.24) is 9.13 Å². The van der Waals surface area contributed by atoms with Gasteiger partial charge in [0.25, 0.3) is 0 Å². The zero-order chi connectivity index (χ0) is 34.6. The van der Waals surface area contributed by atoms with E-state index < -0.39 is 0 Å². The van der Waals surface area contributed by atoms with Crippen LogP contribution in [-0.4, -0.2) is 9.13 Å². The molecule has 0 saturated heterocycles. The molecule has 0 spiro atoms. The van der Waals surface area contributed by atoms with Crippen LogP contribution in [-0.2, 0) is 0 Å². The van der Waals surface area contributed by atoms with Crippen LogP contribution in [0, 0.1) is 0 Å². The molecule has 10 aromatic rings. The molecule has 1 saturated carbocycles. The molecule has 2 aromatic heterocycles. The fourth-order valence-corrected chi connectivity index (χ4v) is 9.48. The number of rotatable bonds is 4. The number of para-hydroxylation sites is 2. The average molecular weight is 675 g/mol. The van der Waals surface area contributed by atoms with Crippen LogP contribution in [0.2, 0.25) is 0 Å². The summed E-state index contributed by atoms with van der Waals surface area (Å²) in [5.41, 5.74) is 18.1. The molecule has 8 aromatic carbocycles. The van der Waals surface area contributed by atoms with Crippen molar-refractivity contribution in [3.05, 3.63) is 193 Å². The largest absolute Gasteiger partial charge is 0.309 e. The predicted octanol–water partition coefficient (Wildman–Crippen LogP) is 13.5. The van der Waals surface area contributed by atoms with Crippen molar-refractivity contribution in [2.75, 3.05) is 0 Å². The Morgan fingerprint density at radius 1 is 0.321 bits per heavy atom. The Morgan fingerprint density at radius 2 is 0.811 bits per heavy atom. The summed E-state index contributed by atoms with van der Waals surface area (Å²) in [5, 5.41) is 5.10. The monoisotopic (exact) mass is 674 g/mol. The van der Waals surface area contributed by atoms with Gasteiger partial charge in [0.2, 0.25) is 0 Å². The summed E-state index contributed by atoms with van der Waals surface area (Å²) in [6.45, 7) is 0. The summed E-state index contributed by atoms with van der Waals surface area (Å²) in [5.74, 6) is 1.30. The Bertz CT molecular complexity index is 3090. The van der Waals surface area contributed by atoms with Crippen LogP contribution in [0.5, 0.6) is 0 Å². The molecule has 2 unspecified atom stereocenters. The molecule has 2 atom stereocenters. The molecule has 0 bridgehead atoms. The van der Waals surface area contributed by atoms with Crippen molar-refractivity contribution < 1.29 is 0 Å². The maximum atomic E-state index is 2.48. The number of benzene rings is 8. The normalized spacial score (nSPS) is 15.8. The Morgan fingerprint density at radius 3 is 1.51 bits per heavy atom. The second kappa shape index (κ2) is 10.9. The van der Waals surface area contributed by atoms with E-state index in [1.807, 2.05) is 0 Å². The predicted molar refractivity (Wildman–Crippen MR) is 222 cm³/mol. The molecule has 248 valence electrons. The number of aromatic nitrogens is 2. The molecule has 0 radical (unpaired) electrons. The standard InChI is InChI=1S/C51H34N2/c1-2-10-32(11-3-1)33-18-22-36(23-19-33)52-48-16-8-6-14-41(48)46-28-34(20-26-50(46)52)35-21-27-51-47(29-35)42-15-7-9-17-49(42)53(51)37-24-25-40-38-12-4-5-13-39(38)44-31-45(44)43(40)30-37/h1-30,44-45H,31H2. The van der Waals surface area contributed by atoms with Crippen LogP contribution in [0.1, 0.15) is 29.4 Å². The van der Waals surface area contributed by atoms with Gasteiger partial charge in [-0.3, -0.25) is 0 Å². The van der Waals surface area contributed by atoms with Gasteiger partial charge in [0.05, 0.1) is 22.1 Å². The van der Waals surface area contributed by atoms with Crippen LogP contribution < -0.4 is 0 Å². The van der Waals surface area contributed by atoms with E-state index in [9.17, 15) is 0 Å². The third-order valence-electron chi connectivity index (χ3n) is 12.0. The summed E-state index contributed by atoms with van der Waals surface area (Å²) < 4.78 is 4.88. The first-order valence-electron chi connectivity index (χ1n) is 18.7. The van der Waals surface area contributed by atoms with Crippen LogP contribution in [0.4, 0.5) is 0 Å². The van der Waals surface area contributed by atoms with E-state index in [2.05, 4.69) is 191 Å². The van der Waals surface area contributed by atoms with Gasteiger partial charge in [-0.1, -0.05) is 121 Å². The van der Waals surface area contributed by atoms with E-state index in [1.165, 1.54) is 106 Å². The lowest BCUT2D eigenvalue weighted by molar-refractivity contribution is 0.999. The molecule has 2 aliphatic carbocycles. The minimum absolute atomic E-state index is 0.633. The highest BCUT2D eigenvalue weighted by molar-refractivity contribution is 6.12. The van der Waals surface area contributed by atoms with Crippen molar-refractivity contribution >= 4 is 43.6 Å². The summed E-state index contributed by atoms with van der Waals surface area (Å²) in [7, 11) is 0. The van der Waals surface area contributed by atoms with E-state index in [4.69, 9.17) is 0 Å². The topological polar surface area (TPSA) is 9.86 Å². The third-order valence-corrected chi connectivity index (χ3v) is 12.0. The molecule has 2 nitrogen and oxygen atoms in total. The summed E-state index contributed by atoms with van der Waals surface area (Å²) >= 11 is 0. The summed E-state index contributed by atoms with van der Waals surface area (Å²) in [6, 6.07) is 67.5. The van der Waals surface area contributed by atoms with Gasteiger partial charge in [-0.2, -0.15) is 0 Å². The highest BCUT2D eigenvalue weighted by Crippen LogP contribution is 2.62. The van der Waals surface area contributed by atoms with Crippen molar-refractivity contribution in [2.24, 2.45) is 0 Å². The Balaban J connectivity index is 0.982. The molecule has 53 heavy (non-hydrogen) atoms. The molecule has 12 rings (SSSR count). The first-order valence-corrected chi connectivity index (χ1v) is 18.7. The van der Waals surface area contributed by atoms with Gasteiger partial charge < -0.3 is 9.13 Å². The lowest BCUT2D eigenvalue weighted by Crippen LogP contribution is -2.02. The number of hydrogen-bond donors (Lipinski definition) is 0. The maximum Gasteiger partial charge on any atom is 0.0541 e. The smallest absolute Gasteiger partial charge is 0.0541 e. The van der Waals surface area contributed by atoms with Crippen LogP contribution in [0.3, 0.4) is 0 Å². The fraction of sp³-hybridized carbons (Fsp3) is 0.0588. The quantitative estimate of drug-likeness (QED) is 0.176. The van der Waals surface area contributed by atoms with Crippen molar-refractivity contribution in [3.8, 4) is 44.8 Å². The summed E-state index contributed by atoms with van der Waals surface area (Å²) in [4.78, 5) is 0. The SMILES string of the molecule is c1ccc(-c2ccc(-n3c4ccccc4c4cc(-c5ccc6c(c5)c5ccccc5n6-c5ccc6c(c5)C5CC5c5ccccc5-6)ccc43)cc2)cc1. The van der Waals surface area contributed by atoms with E-state index in [0.717, 1.165) is 0 Å². The van der Waals surface area contributed by atoms with E-state index in [0.29, 0.717) is 11.8 Å². The second-order valence-electron chi connectivity index (χ2n) is 14.9. The molecule has 0 N–H and O–H groups in total. The first kappa shape index (κ1) is 29.0. The van der Waals surface area contributed by atoms with E-state index >= 15 is 0 Å². The van der Waals surface area contributed by atoms with Gasteiger partial charge in [-0.25, -0.2) is 0 Å². The van der Waals surface area contributed by atoms with Crippen molar-refractivity contribution in [1.29, 1.82) is 0 Å². The number of hydrogen-bond acceptors (Lipinski definition) is 0. The Labute approximate surface area is 307 Å². The number of fused-ring (bicyclic) bond motifs is 12. The van der Waals surface area contributed by atoms with Gasteiger partial charge >= 0.3 is 0 Å². The van der Waals surface area contributed by atoms with Crippen LogP contribution in [0.15, 0.2) is 182 Å². The summed E-state index contributed by atoms with van der Waals surface area (Å²) in [6.07, 6.45) is 1.26. The zero-order valence-electron chi connectivity index (χ0n) is 29.1. The highest BCUT2D eigenvalue weighted by atomic mass is 15.0. The van der Waals surface area contributed by atoms with Crippen LogP contribution >= 0.6 is 0 Å². The highest BCUT2D eigenvalue weighted by Gasteiger charge is 2.45. The van der Waals surface area contributed by atoms with Gasteiger partial charge in [0, 0.05) is 32.9 Å². The minimum atomic E-state index is 0.633. The molecular formula is C51H34N2. The van der Waals surface area contributed by atoms with Gasteiger partial charge in [0.1, 0.15) is 0 Å². The minimum Gasteiger partial charge on any atom is -0.309 e. The van der Waals surface area contributed by atoms with E-state index in [1.54, 1.807) is 0 Å². The lowest BCUT2D eigenvalue weighted by Gasteiger charge is -2.21. The number of nitrogens with zero attached hydrogens (tertiary/aromatic N) is 2. The molecule has 2 aliphatic rings. The Hall–Kier alpha value is -6.64. The van der Waals surface area contributed by atoms with Crippen LogP contribution in [0.25, 0.3) is 88.4 Å². The van der Waals surface area contributed by atoms with Gasteiger partial charge in [-0.15, -0.1) is 0 Å². The zero-order valence-corrected chi connectivity index (χ0v) is 29.1. The second-order valence-corrected chi connectivity index (χ2v) is 14.9. The Kier molecular flexibility index (Phi) is 5.98. The third kappa shape index (κ3) is 4.27. The van der Waals surface area contributed by atoms with Gasteiger partial charge in [0.15, 0.2) is 0 Å². The average Bonchev–Trinajstić information content (AvgIpc) is 3.89. The molecular weight excluding hydrogens is 641 g/mol. The molecule has 2 heteroatoms. The molecule has 0 amide bonds.